The molecule has 1 aliphatic carbocycles. The van der Waals surface area contributed by atoms with E-state index in [0.717, 1.165) is 56.2 Å². The lowest BCUT2D eigenvalue weighted by Crippen LogP contribution is -2.25. The highest BCUT2D eigenvalue weighted by Crippen LogP contribution is 2.39. The SMILES string of the molecule is C=C(C)C1=C(CC)CCC=C1N=C(C)CCC(CC)(CC)CCCC(C)(O)CC. The number of rotatable bonds is 13. The summed E-state index contributed by atoms with van der Waals surface area (Å²) in [6.45, 7) is 19.5. The van der Waals surface area contributed by atoms with Crippen LogP contribution in [0.1, 0.15) is 119 Å². The Morgan fingerprint density at radius 3 is 2.24 bits per heavy atom. The molecule has 1 unspecified atom stereocenters. The average Bonchev–Trinajstić information content (AvgIpc) is 2.70. The fourth-order valence-electron chi connectivity index (χ4n) is 4.58. The fraction of sp³-hybridized carbons (Fsp3) is 0.741. The lowest BCUT2D eigenvalue weighted by Gasteiger charge is -2.33. The van der Waals surface area contributed by atoms with Crippen LogP contribution < -0.4 is 0 Å². The Morgan fingerprint density at radius 2 is 1.72 bits per heavy atom. The van der Waals surface area contributed by atoms with Crippen LogP contribution in [0.25, 0.3) is 0 Å². The van der Waals surface area contributed by atoms with Crippen molar-refractivity contribution in [2.75, 3.05) is 0 Å². The largest absolute Gasteiger partial charge is 0.390 e. The van der Waals surface area contributed by atoms with Crippen LogP contribution in [0.3, 0.4) is 0 Å². The van der Waals surface area contributed by atoms with Gasteiger partial charge in [-0.05, 0) is 83.1 Å². The summed E-state index contributed by atoms with van der Waals surface area (Å²) in [6.07, 6.45) is 14.3. The van der Waals surface area contributed by atoms with Crippen LogP contribution in [-0.2, 0) is 0 Å². The van der Waals surface area contributed by atoms with E-state index in [0.29, 0.717) is 5.41 Å². The summed E-state index contributed by atoms with van der Waals surface area (Å²) >= 11 is 0. The molecule has 166 valence electrons. The lowest BCUT2D eigenvalue weighted by atomic mass is 9.73. The zero-order chi connectivity index (χ0) is 22.1. The van der Waals surface area contributed by atoms with Crippen LogP contribution in [0, 0.1) is 5.41 Å². The van der Waals surface area contributed by atoms with E-state index in [1.807, 2.05) is 6.92 Å². The zero-order valence-corrected chi connectivity index (χ0v) is 20.5. The molecule has 1 rings (SSSR count). The molecule has 0 radical (unpaired) electrons. The summed E-state index contributed by atoms with van der Waals surface area (Å²) in [7, 11) is 0. The number of hydrogen-bond donors (Lipinski definition) is 1. The summed E-state index contributed by atoms with van der Waals surface area (Å²) in [4.78, 5) is 5.06. The Morgan fingerprint density at radius 1 is 1.07 bits per heavy atom. The molecule has 0 bridgehead atoms. The van der Waals surface area contributed by atoms with Crippen LogP contribution in [0.2, 0.25) is 0 Å². The van der Waals surface area contributed by atoms with Crippen molar-refractivity contribution >= 4 is 5.71 Å². The molecular weight excluding hydrogens is 354 g/mol. The lowest BCUT2D eigenvalue weighted by molar-refractivity contribution is 0.0394. The molecular formula is C27H47NO. The van der Waals surface area contributed by atoms with Crippen molar-refractivity contribution in [2.24, 2.45) is 10.4 Å². The van der Waals surface area contributed by atoms with E-state index in [4.69, 9.17) is 4.99 Å². The molecule has 0 aromatic heterocycles. The van der Waals surface area contributed by atoms with Crippen LogP contribution in [0.4, 0.5) is 0 Å². The van der Waals surface area contributed by atoms with Gasteiger partial charge in [0, 0.05) is 11.3 Å². The van der Waals surface area contributed by atoms with Gasteiger partial charge >= 0.3 is 0 Å². The van der Waals surface area contributed by atoms with Crippen molar-refractivity contribution in [2.45, 2.75) is 125 Å². The minimum atomic E-state index is -0.514. The maximum Gasteiger partial charge on any atom is 0.0663 e. The Bertz CT molecular complexity index is 629. The molecule has 0 aliphatic heterocycles. The monoisotopic (exact) mass is 401 g/mol. The van der Waals surface area contributed by atoms with Gasteiger partial charge in [-0.3, -0.25) is 4.99 Å². The van der Waals surface area contributed by atoms with Gasteiger partial charge < -0.3 is 5.11 Å². The number of nitrogens with zero attached hydrogens (tertiary/aromatic N) is 1. The Kier molecular flexibility index (Phi) is 10.6. The van der Waals surface area contributed by atoms with Gasteiger partial charge in [0.15, 0.2) is 0 Å². The Labute approximate surface area is 181 Å². The summed E-state index contributed by atoms with van der Waals surface area (Å²) < 4.78 is 0. The van der Waals surface area contributed by atoms with E-state index in [9.17, 15) is 5.11 Å². The van der Waals surface area contributed by atoms with E-state index in [-0.39, 0.29) is 0 Å². The smallest absolute Gasteiger partial charge is 0.0663 e. The van der Waals surface area contributed by atoms with E-state index in [1.54, 1.807) is 0 Å². The van der Waals surface area contributed by atoms with Gasteiger partial charge in [0.1, 0.15) is 0 Å². The third-order valence-electron chi connectivity index (χ3n) is 7.26. The first kappa shape index (κ1) is 25.9. The van der Waals surface area contributed by atoms with Crippen molar-refractivity contribution in [1.82, 2.24) is 0 Å². The molecule has 0 amide bonds. The van der Waals surface area contributed by atoms with Crippen molar-refractivity contribution in [3.05, 3.63) is 35.1 Å². The highest BCUT2D eigenvalue weighted by molar-refractivity contribution is 5.83. The Hall–Kier alpha value is -1.15. The fourth-order valence-corrected chi connectivity index (χ4v) is 4.58. The molecule has 0 aromatic rings. The molecule has 2 nitrogen and oxygen atoms in total. The topological polar surface area (TPSA) is 32.6 Å². The second kappa shape index (κ2) is 11.9. The van der Waals surface area contributed by atoms with Crippen molar-refractivity contribution in [3.8, 4) is 0 Å². The molecule has 0 spiro atoms. The first-order chi connectivity index (χ1) is 13.6. The van der Waals surface area contributed by atoms with Crippen LogP contribution >= 0.6 is 0 Å². The molecule has 1 atom stereocenters. The van der Waals surface area contributed by atoms with Gasteiger partial charge in [-0.2, -0.15) is 0 Å². The molecule has 1 N–H and O–H groups in total. The molecule has 0 heterocycles. The minimum Gasteiger partial charge on any atom is -0.390 e. The molecule has 2 heteroatoms. The molecule has 29 heavy (non-hydrogen) atoms. The number of hydrogen-bond acceptors (Lipinski definition) is 2. The summed E-state index contributed by atoms with van der Waals surface area (Å²) in [5.74, 6) is 0. The second-order valence-electron chi connectivity index (χ2n) is 9.50. The predicted octanol–water partition coefficient (Wildman–Crippen LogP) is 8.33. The van der Waals surface area contributed by atoms with Gasteiger partial charge in [0.25, 0.3) is 0 Å². The summed E-state index contributed by atoms with van der Waals surface area (Å²) in [5, 5.41) is 10.3. The standard InChI is InChI=1S/C27H47NO/c1-9-23-15-13-16-24(25(23)21(5)6)28-22(7)17-20-27(11-3,12-4)19-14-18-26(8,29)10-2/h16,29H,5,9-15,17-20H2,1-4,6-8H3. The van der Waals surface area contributed by atoms with Crippen molar-refractivity contribution < 1.29 is 5.11 Å². The summed E-state index contributed by atoms with van der Waals surface area (Å²) in [6, 6.07) is 0. The van der Waals surface area contributed by atoms with E-state index in [2.05, 4.69) is 54.2 Å². The summed E-state index contributed by atoms with van der Waals surface area (Å²) in [5.41, 5.74) is 6.19. The van der Waals surface area contributed by atoms with E-state index < -0.39 is 5.60 Å². The normalized spacial score (nSPS) is 17.9. The second-order valence-corrected chi connectivity index (χ2v) is 9.50. The van der Waals surface area contributed by atoms with Crippen LogP contribution in [0.5, 0.6) is 0 Å². The maximum atomic E-state index is 10.3. The molecule has 1 aliphatic rings. The quantitative estimate of drug-likeness (QED) is 0.309. The Balaban J connectivity index is 2.82. The molecule has 0 fully saturated rings. The zero-order valence-electron chi connectivity index (χ0n) is 20.5. The minimum absolute atomic E-state index is 0.364. The van der Waals surface area contributed by atoms with Gasteiger partial charge in [-0.25, -0.2) is 0 Å². The third kappa shape index (κ3) is 7.89. The van der Waals surface area contributed by atoms with Gasteiger partial charge in [0.05, 0.1) is 11.3 Å². The van der Waals surface area contributed by atoms with E-state index >= 15 is 0 Å². The van der Waals surface area contributed by atoms with Crippen LogP contribution in [-0.4, -0.2) is 16.4 Å². The van der Waals surface area contributed by atoms with Gasteiger partial charge in [-0.1, -0.05) is 65.2 Å². The third-order valence-corrected chi connectivity index (χ3v) is 7.26. The maximum absolute atomic E-state index is 10.3. The average molecular weight is 402 g/mol. The molecule has 0 saturated heterocycles. The van der Waals surface area contributed by atoms with Crippen LogP contribution in [0.15, 0.2) is 40.1 Å². The van der Waals surface area contributed by atoms with Crippen molar-refractivity contribution in [3.63, 3.8) is 0 Å². The van der Waals surface area contributed by atoms with E-state index in [1.165, 1.54) is 42.5 Å². The molecule has 0 aromatic carbocycles. The number of aliphatic hydroxyl groups is 1. The first-order valence-electron chi connectivity index (χ1n) is 12.0. The predicted molar refractivity (Wildman–Crippen MR) is 130 cm³/mol. The highest BCUT2D eigenvalue weighted by atomic mass is 16.3. The van der Waals surface area contributed by atoms with Gasteiger partial charge in [0.2, 0.25) is 0 Å². The first-order valence-corrected chi connectivity index (χ1v) is 12.0. The molecule has 0 saturated carbocycles. The number of aliphatic imine (C=N–C) groups is 1. The van der Waals surface area contributed by atoms with Crippen molar-refractivity contribution in [1.29, 1.82) is 0 Å². The highest BCUT2D eigenvalue weighted by Gasteiger charge is 2.27. The number of allylic oxidation sites excluding steroid dienone is 3. The van der Waals surface area contributed by atoms with Gasteiger partial charge in [-0.15, -0.1) is 0 Å².